The summed E-state index contributed by atoms with van der Waals surface area (Å²) in [6.45, 7) is 13.4. The molecule has 0 aliphatic heterocycles. The van der Waals surface area contributed by atoms with Gasteiger partial charge in [0.1, 0.15) is 0 Å². The third-order valence-corrected chi connectivity index (χ3v) is 4.07. The lowest BCUT2D eigenvalue weighted by Gasteiger charge is -2.23. The molecule has 2 rings (SSSR count). The molecule has 1 unspecified atom stereocenters. The first kappa shape index (κ1) is 14.2. The Morgan fingerprint density at radius 3 is 2.11 bits per heavy atom. The molecule has 0 bridgehead atoms. The van der Waals surface area contributed by atoms with Crippen molar-refractivity contribution < 1.29 is 0 Å². The Balaban J connectivity index is 2.37. The van der Waals surface area contributed by atoms with Crippen LogP contribution >= 0.6 is 0 Å². The molecule has 1 aliphatic rings. The highest BCUT2D eigenvalue weighted by Crippen LogP contribution is 2.27. The van der Waals surface area contributed by atoms with Crippen molar-refractivity contribution in [3.8, 4) is 0 Å². The molecule has 0 heterocycles. The lowest BCUT2D eigenvalue weighted by Crippen LogP contribution is -2.25. The topological polar surface area (TPSA) is 0 Å². The van der Waals surface area contributed by atoms with Crippen LogP contribution in [0.2, 0.25) is 0 Å². The highest BCUT2D eigenvalue weighted by molar-refractivity contribution is 6.63. The molecule has 19 heavy (non-hydrogen) atoms. The normalized spacial score (nSPS) is 19.5. The van der Waals surface area contributed by atoms with Crippen molar-refractivity contribution in [2.24, 2.45) is 5.92 Å². The molecule has 1 heteroatoms. The average Bonchev–Trinajstić information content (AvgIpc) is 2.25. The van der Waals surface area contributed by atoms with Crippen LogP contribution in [0, 0.1) is 26.7 Å². The maximum atomic E-state index is 2.40. The zero-order valence-electron chi connectivity index (χ0n) is 13.1. The molecule has 0 N–H and O–H groups in total. The number of hydrogen-bond acceptors (Lipinski definition) is 0. The number of aryl methyl sites for hydroxylation is 3. The van der Waals surface area contributed by atoms with Gasteiger partial charge in [-0.25, -0.2) is 0 Å². The lowest BCUT2D eigenvalue weighted by atomic mass is 9.55. The smallest absolute Gasteiger partial charge is 0.0799 e. The summed E-state index contributed by atoms with van der Waals surface area (Å²) in [7, 11) is 2.39. The number of hydrogen-bond donors (Lipinski definition) is 0. The Hall–Kier alpha value is -1.24. The molecule has 1 atom stereocenters. The van der Waals surface area contributed by atoms with Crippen LogP contribution in [-0.4, -0.2) is 7.28 Å². The van der Waals surface area contributed by atoms with Gasteiger partial charge in [0.15, 0.2) is 7.28 Å². The van der Waals surface area contributed by atoms with Gasteiger partial charge in [-0.2, -0.15) is 0 Å². The Kier molecular flexibility index (Phi) is 4.03. The van der Waals surface area contributed by atoms with Crippen molar-refractivity contribution in [3.05, 3.63) is 51.5 Å². The van der Waals surface area contributed by atoms with Gasteiger partial charge in [0.2, 0.25) is 0 Å². The van der Waals surface area contributed by atoms with Gasteiger partial charge in [0, 0.05) is 0 Å². The third kappa shape index (κ3) is 3.02. The van der Waals surface area contributed by atoms with E-state index in [0.717, 1.165) is 0 Å². The summed E-state index contributed by atoms with van der Waals surface area (Å²) in [4.78, 5) is 0. The minimum atomic E-state index is 0.678. The van der Waals surface area contributed by atoms with E-state index in [0.29, 0.717) is 5.92 Å². The van der Waals surface area contributed by atoms with E-state index in [2.05, 4.69) is 67.0 Å². The minimum absolute atomic E-state index is 0.678. The predicted octanol–water partition coefficient (Wildman–Crippen LogP) is 4.20. The fraction of sp³-hybridized carbons (Fsp3) is 0.444. The van der Waals surface area contributed by atoms with Gasteiger partial charge < -0.3 is 0 Å². The Morgan fingerprint density at radius 2 is 1.58 bits per heavy atom. The van der Waals surface area contributed by atoms with Gasteiger partial charge in [0.05, 0.1) is 0 Å². The van der Waals surface area contributed by atoms with Gasteiger partial charge >= 0.3 is 0 Å². The van der Waals surface area contributed by atoms with Crippen molar-refractivity contribution in [3.63, 3.8) is 0 Å². The molecule has 1 aromatic rings. The van der Waals surface area contributed by atoms with Crippen LogP contribution in [0.3, 0.4) is 0 Å². The SMILES string of the molecule is CC1=CC(C)CC(C)=C1[B]c1c(C)cc(C)cc1C. The zero-order chi connectivity index (χ0) is 14.2. The van der Waals surface area contributed by atoms with Crippen LogP contribution in [0.1, 0.15) is 43.9 Å². The van der Waals surface area contributed by atoms with Crippen LogP contribution < -0.4 is 5.46 Å². The molecule has 1 aliphatic carbocycles. The largest absolute Gasteiger partial charge is 0.192 e. The van der Waals surface area contributed by atoms with Gasteiger partial charge in [-0.3, -0.25) is 0 Å². The van der Waals surface area contributed by atoms with Gasteiger partial charge in [-0.05, 0) is 47.0 Å². The molecule has 0 aromatic heterocycles. The summed E-state index contributed by atoms with van der Waals surface area (Å²) in [6, 6.07) is 4.55. The van der Waals surface area contributed by atoms with Crippen molar-refractivity contribution in [1.29, 1.82) is 0 Å². The fourth-order valence-corrected chi connectivity index (χ4v) is 3.31. The monoisotopic (exact) mass is 251 g/mol. The Bertz CT molecular complexity index is 538. The summed E-state index contributed by atoms with van der Waals surface area (Å²) in [5.74, 6) is 0.678. The van der Waals surface area contributed by atoms with Crippen LogP contribution in [-0.2, 0) is 0 Å². The first-order valence-electron chi connectivity index (χ1n) is 7.19. The number of allylic oxidation sites excluding steroid dienone is 4. The van der Waals surface area contributed by atoms with Crippen LogP contribution in [0.4, 0.5) is 0 Å². The summed E-state index contributed by atoms with van der Waals surface area (Å²) in [5, 5.41) is 0. The molecule has 0 saturated heterocycles. The Morgan fingerprint density at radius 1 is 1.00 bits per heavy atom. The second kappa shape index (κ2) is 5.40. The second-order valence-corrected chi connectivity index (χ2v) is 6.18. The summed E-state index contributed by atoms with van der Waals surface area (Å²) in [5.41, 5.74) is 9.88. The van der Waals surface area contributed by atoms with Gasteiger partial charge in [-0.15, -0.1) is 0 Å². The molecule has 0 amide bonds. The highest BCUT2D eigenvalue weighted by atomic mass is 14.2. The lowest BCUT2D eigenvalue weighted by molar-refractivity contribution is 0.697. The highest BCUT2D eigenvalue weighted by Gasteiger charge is 2.17. The molecule has 99 valence electrons. The molecule has 0 saturated carbocycles. The van der Waals surface area contributed by atoms with Gasteiger partial charge in [-0.1, -0.05) is 63.9 Å². The third-order valence-electron chi connectivity index (χ3n) is 4.07. The first-order valence-corrected chi connectivity index (χ1v) is 7.19. The standard InChI is InChI=1S/C18H24B/c1-11-7-13(3)17(14(4)8-11)19-18-15(5)9-12(2)10-16(18)6/h7-9,12H,10H2,1-6H3. The molecular weight excluding hydrogens is 227 g/mol. The molecular formula is C18H24B. The van der Waals surface area contributed by atoms with E-state index in [1.165, 1.54) is 45.2 Å². The molecule has 0 spiro atoms. The van der Waals surface area contributed by atoms with E-state index in [1.54, 1.807) is 0 Å². The maximum absolute atomic E-state index is 2.40. The molecule has 0 fully saturated rings. The van der Waals surface area contributed by atoms with E-state index in [1.807, 2.05) is 0 Å². The second-order valence-electron chi connectivity index (χ2n) is 6.18. The summed E-state index contributed by atoms with van der Waals surface area (Å²) >= 11 is 0. The quantitative estimate of drug-likeness (QED) is 0.691. The summed E-state index contributed by atoms with van der Waals surface area (Å²) in [6.07, 6.45) is 3.59. The van der Waals surface area contributed by atoms with Crippen molar-refractivity contribution >= 4 is 12.7 Å². The predicted molar refractivity (Wildman–Crippen MR) is 86.3 cm³/mol. The van der Waals surface area contributed by atoms with Crippen LogP contribution in [0.15, 0.2) is 34.8 Å². The molecule has 1 aromatic carbocycles. The van der Waals surface area contributed by atoms with E-state index in [-0.39, 0.29) is 0 Å². The zero-order valence-corrected chi connectivity index (χ0v) is 13.1. The maximum Gasteiger partial charge on any atom is 0.192 e. The number of rotatable bonds is 2. The summed E-state index contributed by atoms with van der Waals surface area (Å²) < 4.78 is 0. The molecule has 1 radical (unpaired) electrons. The van der Waals surface area contributed by atoms with E-state index in [9.17, 15) is 0 Å². The van der Waals surface area contributed by atoms with Crippen LogP contribution in [0.25, 0.3) is 0 Å². The molecule has 0 nitrogen and oxygen atoms in total. The van der Waals surface area contributed by atoms with Crippen molar-refractivity contribution in [1.82, 2.24) is 0 Å². The van der Waals surface area contributed by atoms with Gasteiger partial charge in [0.25, 0.3) is 0 Å². The fourth-order valence-electron chi connectivity index (χ4n) is 3.31. The Labute approximate surface area is 118 Å². The van der Waals surface area contributed by atoms with Crippen molar-refractivity contribution in [2.75, 3.05) is 0 Å². The van der Waals surface area contributed by atoms with E-state index >= 15 is 0 Å². The minimum Gasteiger partial charge on any atom is -0.0799 e. The average molecular weight is 251 g/mol. The van der Waals surface area contributed by atoms with E-state index in [4.69, 9.17) is 0 Å². The first-order chi connectivity index (χ1) is 8.88. The van der Waals surface area contributed by atoms with Crippen LogP contribution in [0.5, 0.6) is 0 Å². The van der Waals surface area contributed by atoms with Crippen molar-refractivity contribution in [2.45, 2.75) is 48.0 Å². The number of benzene rings is 1. The van der Waals surface area contributed by atoms with E-state index < -0.39 is 0 Å².